The standard InChI is InChI=1S/C7H7BrO3S/c1-11-6-4-5(8)2-3-7(6)12(9)10/h2-4,12H,1H3. The lowest BCUT2D eigenvalue weighted by Gasteiger charge is -2.02. The molecule has 66 valence electrons. The van der Waals surface area contributed by atoms with E-state index in [1.54, 1.807) is 12.1 Å². The van der Waals surface area contributed by atoms with Gasteiger partial charge < -0.3 is 4.74 Å². The molecule has 0 N–H and O–H groups in total. The van der Waals surface area contributed by atoms with Crippen LogP contribution in [0.15, 0.2) is 27.6 Å². The molecule has 0 saturated heterocycles. The van der Waals surface area contributed by atoms with E-state index in [9.17, 15) is 8.42 Å². The Kier molecular flexibility index (Phi) is 3.11. The highest BCUT2D eigenvalue weighted by molar-refractivity contribution is 9.10. The lowest BCUT2D eigenvalue weighted by molar-refractivity contribution is 0.403. The fourth-order valence-electron chi connectivity index (χ4n) is 0.802. The topological polar surface area (TPSA) is 43.4 Å². The van der Waals surface area contributed by atoms with E-state index >= 15 is 0 Å². The van der Waals surface area contributed by atoms with Gasteiger partial charge in [-0.3, -0.25) is 0 Å². The van der Waals surface area contributed by atoms with Crippen LogP contribution in [0.3, 0.4) is 0 Å². The molecule has 1 rings (SSSR count). The third-order valence-corrected chi connectivity index (χ3v) is 2.59. The largest absolute Gasteiger partial charge is 0.495 e. The molecule has 1 aromatic carbocycles. The number of halogens is 1. The molecule has 0 amide bonds. The molecule has 0 aliphatic heterocycles. The van der Waals surface area contributed by atoms with Gasteiger partial charge in [0.2, 0.25) is 0 Å². The second-order valence-electron chi connectivity index (χ2n) is 2.07. The van der Waals surface area contributed by atoms with Gasteiger partial charge in [0.1, 0.15) is 10.6 Å². The van der Waals surface area contributed by atoms with Crippen molar-refractivity contribution >= 4 is 26.6 Å². The van der Waals surface area contributed by atoms with Crippen molar-refractivity contribution in [3.05, 3.63) is 22.7 Å². The fraction of sp³-hybridized carbons (Fsp3) is 0.143. The van der Waals surface area contributed by atoms with Gasteiger partial charge in [0.25, 0.3) is 0 Å². The maximum atomic E-state index is 10.6. The van der Waals surface area contributed by atoms with Crippen LogP contribution in [-0.4, -0.2) is 15.5 Å². The van der Waals surface area contributed by atoms with E-state index in [1.165, 1.54) is 13.2 Å². The first-order valence-corrected chi connectivity index (χ1v) is 5.10. The third-order valence-electron chi connectivity index (χ3n) is 1.34. The van der Waals surface area contributed by atoms with E-state index in [4.69, 9.17) is 4.74 Å². The summed E-state index contributed by atoms with van der Waals surface area (Å²) in [6.45, 7) is 0. The molecule has 5 heteroatoms. The molecule has 0 unspecified atom stereocenters. The predicted octanol–water partition coefficient (Wildman–Crippen LogP) is 1.43. The van der Waals surface area contributed by atoms with Crippen molar-refractivity contribution in [3.8, 4) is 5.75 Å². The quantitative estimate of drug-likeness (QED) is 0.808. The Morgan fingerprint density at radius 3 is 2.58 bits per heavy atom. The van der Waals surface area contributed by atoms with Gasteiger partial charge in [-0.2, -0.15) is 0 Å². The Morgan fingerprint density at radius 2 is 2.08 bits per heavy atom. The molecule has 0 aliphatic rings. The SMILES string of the molecule is COc1cc(Br)ccc1[SH](=O)=O. The van der Waals surface area contributed by atoms with Gasteiger partial charge in [-0.15, -0.1) is 0 Å². The minimum atomic E-state index is -2.58. The molecular weight excluding hydrogens is 244 g/mol. The zero-order valence-electron chi connectivity index (χ0n) is 6.28. The first-order valence-electron chi connectivity index (χ1n) is 3.13. The minimum absolute atomic E-state index is 0.204. The summed E-state index contributed by atoms with van der Waals surface area (Å²) >= 11 is 3.21. The molecule has 12 heavy (non-hydrogen) atoms. The van der Waals surface area contributed by atoms with Crippen LogP contribution in [0, 0.1) is 0 Å². The van der Waals surface area contributed by atoms with Gasteiger partial charge in [0, 0.05) is 4.47 Å². The highest BCUT2D eigenvalue weighted by atomic mass is 79.9. The van der Waals surface area contributed by atoms with Crippen molar-refractivity contribution in [2.24, 2.45) is 0 Å². The molecule has 3 nitrogen and oxygen atoms in total. The molecule has 0 fully saturated rings. The van der Waals surface area contributed by atoms with Gasteiger partial charge in [-0.05, 0) is 18.2 Å². The van der Waals surface area contributed by atoms with Crippen LogP contribution in [0.2, 0.25) is 0 Å². The maximum absolute atomic E-state index is 10.6. The summed E-state index contributed by atoms with van der Waals surface area (Å²) in [7, 11) is -1.15. The second kappa shape index (κ2) is 3.91. The summed E-state index contributed by atoms with van der Waals surface area (Å²) in [6.07, 6.45) is 0. The lowest BCUT2D eigenvalue weighted by Crippen LogP contribution is -1.89. The molecule has 0 bridgehead atoms. The van der Waals surface area contributed by atoms with E-state index in [0.29, 0.717) is 5.75 Å². The van der Waals surface area contributed by atoms with Crippen LogP contribution < -0.4 is 4.74 Å². The first kappa shape index (κ1) is 9.54. The van der Waals surface area contributed by atoms with Gasteiger partial charge in [0.05, 0.1) is 7.11 Å². The fourth-order valence-corrected chi connectivity index (χ4v) is 1.67. The number of hydrogen-bond acceptors (Lipinski definition) is 3. The number of methoxy groups -OCH3 is 1. The zero-order chi connectivity index (χ0) is 9.14. The monoisotopic (exact) mass is 250 g/mol. The van der Waals surface area contributed by atoms with Crippen molar-refractivity contribution in [2.75, 3.05) is 7.11 Å². The Balaban J connectivity index is 3.29. The number of thiol groups is 1. The van der Waals surface area contributed by atoms with Crippen molar-refractivity contribution in [1.82, 2.24) is 0 Å². The average molecular weight is 251 g/mol. The molecule has 0 atom stereocenters. The van der Waals surface area contributed by atoms with Crippen molar-refractivity contribution in [2.45, 2.75) is 4.90 Å². The van der Waals surface area contributed by atoms with E-state index in [-0.39, 0.29) is 4.90 Å². The predicted molar refractivity (Wildman–Crippen MR) is 49.3 cm³/mol. The van der Waals surface area contributed by atoms with Crippen LogP contribution in [0.1, 0.15) is 0 Å². The molecule has 0 radical (unpaired) electrons. The third kappa shape index (κ3) is 1.98. The summed E-state index contributed by atoms with van der Waals surface area (Å²) < 4.78 is 26.9. The molecule has 0 saturated carbocycles. The summed E-state index contributed by atoms with van der Waals surface area (Å²) in [5.74, 6) is 0.362. The number of hydrogen-bond donors (Lipinski definition) is 1. The van der Waals surface area contributed by atoms with E-state index < -0.39 is 10.7 Å². The molecule has 0 spiro atoms. The molecule has 0 heterocycles. The van der Waals surface area contributed by atoms with Crippen LogP contribution in [0.4, 0.5) is 0 Å². The Labute approximate surface area is 80.4 Å². The van der Waals surface area contributed by atoms with E-state index in [1.807, 2.05) is 0 Å². The van der Waals surface area contributed by atoms with Crippen LogP contribution in [0.5, 0.6) is 5.75 Å². The first-order chi connectivity index (χ1) is 5.65. The van der Waals surface area contributed by atoms with Crippen LogP contribution >= 0.6 is 15.9 Å². The smallest absolute Gasteiger partial charge is 0.171 e. The van der Waals surface area contributed by atoms with E-state index in [0.717, 1.165) is 4.47 Å². The molecule has 1 aromatic rings. The minimum Gasteiger partial charge on any atom is -0.495 e. The van der Waals surface area contributed by atoms with Gasteiger partial charge in [-0.25, -0.2) is 8.42 Å². The van der Waals surface area contributed by atoms with Gasteiger partial charge in [-0.1, -0.05) is 15.9 Å². The van der Waals surface area contributed by atoms with E-state index in [2.05, 4.69) is 15.9 Å². The maximum Gasteiger partial charge on any atom is 0.171 e. The number of rotatable bonds is 2. The van der Waals surface area contributed by atoms with Crippen molar-refractivity contribution in [3.63, 3.8) is 0 Å². The van der Waals surface area contributed by atoms with Crippen LogP contribution in [-0.2, 0) is 10.7 Å². The highest BCUT2D eigenvalue weighted by Gasteiger charge is 2.04. The lowest BCUT2D eigenvalue weighted by atomic mass is 10.3. The van der Waals surface area contributed by atoms with Crippen molar-refractivity contribution in [1.29, 1.82) is 0 Å². The summed E-state index contributed by atoms with van der Waals surface area (Å²) in [6, 6.07) is 4.76. The highest BCUT2D eigenvalue weighted by Crippen LogP contribution is 2.24. The Hall–Kier alpha value is -0.550. The summed E-state index contributed by atoms with van der Waals surface area (Å²) in [5, 5.41) is 0. The summed E-state index contributed by atoms with van der Waals surface area (Å²) in [4.78, 5) is 0.204. The van der Waals surface area contributed by atoms with Gasteiger partial charge >= 0.3 is 0 Å². The molecular formula is C7H7BrO3S. The van der Waals surface area contributed by atoms with Gasteiger partial charge in [0.15, 0.2) is 10.7 Å². The Morgan fingerprint density at radius 1 is 1.42 bits per heavy atom. The Bertz CT molecular complexity index is 352. The van der Waals surface area contributed by atoms with Crippen LogP contribution in [0.25, 0.3) is 0 Å². The average Bonchev–Trinajstić information content (AvgIpc) is 2.03. The van der Waals surface area contributed by atoms with Crippen molar-refractivity contribution < 1.29 is 13.2 Å². The zero-order valence-corrected chi connectivity index (χ0v) is 8.76. The summed E-state index contributed by atoms with van der Waals surface area (Å²) in [5.41, 5.74) is 0. The number of ether oxygens (including phenoxy) is 1. The normalized spacial score (nSPS) is 10.2. The second-order valence-corrected chi connectivity index (χ2v) is 3.98. The molecule has 0 aromatic heterocycles. The number of benzene rings is 1. The molecule has 0 aliphatic carbocycles.